The van der Waals surface area contributed by atoms with Crippen LogP contribution in [0.4, 0.5) is 0 Å². The lowest BCUT2D eigenvalue weighted by atomic mass is 10.00. The minimum atomic E-state index is -1.27. The molecule has 0 aliphatic carbocycles. The number of allylic oxidation sites excluding steroid dienone is 2. The number of hydrogen-bond donors (Lipinski definition) is 5. The molecule has 0 bridgehead atoms. The molecule has 0 spiro atoms. The summed E-state index contributed by atoms with van der Waals surface area (Å²) in [4.78, 5) is 12.3. The molecule has 0 aromatic heterocycles. The zero-order chi connectivity index (χ0) is 26.9. The molecule has 36 heavy (non-hydrogen) atoms. The summed E-state index contributed by atoms with van der Waals surface area (Å²) in [5.74, 6) is -0.599. The Labute approximate surface area is 222 Å². The number of unbranched alkanes of at least 4 members (excludes halogenated alkanes) is 15. The molecule has 0 saturated carbocycles. The van der Waals surface area contributed by atoms with Gasteiger partial charge in [0.05, 0.1) is 18.8 Å². The molecule has 0 heterocycles. The number of aliphatic hydroxyl groups is 4. The van der Waals surface area contributed by atoms with Crippen molar-refractivity contribution in [1.82, 2.24) is 5.32 Å². The van der Waals surface area contributed by atoms with Crippen LogP contribution in [0.25, 0.3) is 0 Å². The highest BCUT2D eigenvalue weighted by molar-refractivity contribution is 5.80. The van der Waals surface area contributed by atoms with Gasteiger partial charge in [-0.25, -0.2) is 0 Å². The number of hydrogen-bond acceptors (Lipinski definition) is 5. The van der Waals surface area contributed by atoms with Crippen LogP contribution in [-0.2, 0) is 4.79 Å². The third-order valence-corrected chi connectivity index (χ3v) is 6.98. The summed E-state index contributed by atoms with van der Waals surface area (Å²) < 4.78 is 0. The van der Waals surface area contributed by atoms with Gasteiger partial charge in [0.15, 0.2) is 0 Å². The van der Waals surface area contributed by atoms with Gasteiger partial charge in [0.2, 0.25) is 5.91 Å². The van der Waals surface area contributed by atoms with E-state index in [0.717, 1.165) is 38.5 Å². The Morgan fingerprint density at radius 2 is 1.14 bits per heavy atom. The first-order valence-electron chi connectivity index (χ1n) is 15.1. The summed E-state index contributed by atoms with van der Waals surface area (Å²) in [6.07, 6.45) is 22.4. The summed E-state index contributed by atoms with van der Waals surface area (Å²) in [5.41, 5.74) is 0. The molecular weight excluding hydrogens is 454 g/mol. The highest BCUT2D eigenvalue weighted by Crippen LogP contribution is 2.14. The summed E-state index contributed by atoms with van der Waals surface area (Å²) in [6.45, 7) is 3.94. The van der Waals surface area contributed by atoms with E-state index in [0.29, 0.717) is 12.8 Å². The van der Waals surface area contributed by atoms with Crippen LogP contribution in [0.3, 0.4) is 0 Å². The maximum atomic E-state index is 12.3. The highest BCUT2D eigenvalue weighted by Gasteiger charge is 2.28. The average molecular weight is 514 g/mol. The first-order chi connectivity index (χ1) is 17.5. The van der Waals surface area contributed by atoms with E-state index >= 15 is 0 Å². The number of carbonyl (C=O) groups excluding carboxylic acids is 1. The molecule has 0 radical (unpaired) electrons. The molecule has 0 saturated heterocycles. The van der Waals surface area contributed by atoms with E-state index in [1.807, 2.05) is 0 Å². The second kappa shape index (κ2) is 25.7. The van der Waals surface area contributed by atoms with E-state index < -0.39 is 36.9 Å². The van der Waals surface area contributed by atoms with Crippen LogP contribution in [-0.4, -0.2) is 57.3 Å². The predicted octanol–water partition coefficient (Wildman–Crippen LogP) is 5.94. The Hall–Kier alpha value is -0.950. The topological polar surface area (TPSA) is 110 Å². The zero-order valence-electron chi connectivity index (χ0n) is 23.5. The third kappa shape index (κ3) is 20.1. The fraction of sp³-hybridized carbons (Fsp3) is 0.900. The lowest BCUT2D eigenvalue weighted by molar-refractivity contribution is -0.132. The molecule has 0 aliphatic heterocycles. The monoisotopic (exact) mass is 513 g/mol. The summed E-state index contributed by atoms with van der Waals surface area (Å²) >= 11 is 0. The Kier molecular flexibility index (Phi) is 25.0. The standard InChI is InChI=1S/C30H59NO5/c1-3-5-7-9-11-13-14-16-18-20-22-24-28(34)30(36)31-26(25-32)29(35)27(33)23-21-19-17-15-12-10-8-6-4-2/h15,17,26-29,32-35H,3-14,16,18-25H2,1-2H3,(H,31,36)/b17-15+. The van der Waals surface area contributed by atoms with Crippen LogP contribution < -0.4 is 5.32 Å². The fourth-order valence-corrected chi connectivity index (χ4v) is 4.46. The Bertz CT molecular complexity index is 514. The second-order valence-electron chi connectivity index (χ2n) is 10.4. The van der Waals surface area contributed by atoms with Crippen LogP contribution in [0.5, 0.6) is 0 Å². The molecule has 6 heteroatoms. The van der Waals surface area contributed by atoms with Gasteiger partial charge >= 0.3 is 0 Å². The lowest BCUT2D eigenvalue weighted by Crippen LogP contribution is -2.53. The molecule has 0 fully saturated rings. The van der Waals surface area contributed by atoms with E-state index in [1.54, 1.807) is 0 Å². The molecule has 6 nitrogen and oxygen atoms in total. The van der Waals surface area contributed by atoms with Crippen molar-refractivity contribution >= 4 is 5.91 Å². The molecule has 1 amide bonds. The van der Waals surface area contributed by atoms with Gasteiger partial charge in [0.25, 0.3) is 0 Å². The Morgan fingerprint density at radius 3 is 1.67 bits per heavy atom. The largest absolute Gasteiger partial charge is 0.394 e. The maximum absolute atomic E-state index is 12.3. The average Bonchev–Trinajstić information content (AvgIpc) is 2.88. The predicted molar refractivity (Wildman–Crippen MR) is 150 cm³/mol. The molecule has 0 aromatic rings. The summed E-state index contributed by atoms with van der Waals surface area (Å²) in [7, 11) is 0. The molecule has 0 aliphatic rings. The van der Waals surface area contributed by atoms with Crippen LogP contribution in [0.15, 0.2) is 12.2 Å². The SMILES string of the molecule is CCCCCC/C=C/CCCC(O)C(O)C(CO)NC(=O)C(O)CCCCCCCCCCCCC. The van der Waals surface area contributed by atoms with Gasteiger partial charge in [-0.1, -0.05) is 116 Å². The van der Waals surface area contributed by atoms with E-state index in [2.05, 4.69) is 31.3 Å². The molecule has 0 rings (SSSR count). The molecule has 214 valence electrons. The van der Waals surface area contributed by atoms with Crippen LogP contribution in [0.1, 0.15) is 142 Å². The van der Waals surface area contributed by atoms with Gasteiger partial charge in [-0.3, -0.25) is 4.79 Å². The first kappa shape index (κ1) is 35.0. The highest BCUT2D eigenvalue weighted by atomic mass is 16.3. The van der Waals surface area contributed by atoms with Crippen molar-refractivity contribution in [2.45, 2.75) is 167 Å². The van der Waals surface area contributed by atoms with Crippen molar-refractivity contribution in [2.24, 2.45) is 0 Å². The van der Waals surface area contributed by atoms with Crippen molar-refractivity contribution in [3.8, 4) is 0 Å². The van der Waals surface area contributed by atoms with Crippen LogP contribution in [0.2, 0.25) is 0 Å². The normalized spacial score (nSPS) is 15.2. The second-order valence-corrected chi connectivity index (χ2v) is 10.4. The summed E-state index contributed by atoms with van der Waals surface area (Å²) in [6, 6.07) is -0.992. The number of nitrogens with one attached hydrogen (secondary N) is 1. The first-order valence-corrected chi connectivity index (χ1v) is 15.1. The van der Waals surface area contributed by atoms with E-state index in [-0.39, 0.29) is 0 Å². The Balaban J connectivity index is 3.96. The van der Waals surface area contributed by atoms with Crippen LogP contribution in [0, 0.1) is 0 Å². The van der Waals surface area contributed by atoms with E-state index in [1.165, 1.54) is 77.0 Å². The quantitative estimate of drug-likeness (QED) is 0.0726. The van der Waals surface area contributed by atoms with Crippen molar-refractivity contribution in [2.75, 3.05) is 6.61 Å². The molecule has 0 aromatic carbocycles. The number of carbonyl (C=O) groups is 1. The number of rotatable bonds is 26. The Morgan fingerprint density at radius 1 is 0.667 bits per heavy atom. The molecular formula is C30H59NO5. The van der Waals surface area contributed by atoms with Gasteiger partial charge in [-0.2, -0.15) is 0 Å². The smallest absolute Gasteiger partial charge is 0.249 e. The molecule has 4 atom stereocenters. The van der Waals surface area contributed by atoms with E-state index in [4.69, 9.17) is 0 Å². The van der Waals surface area contributed by atoms with Gasteiger partial charge in [0.1, 0.15) is 12.2 Å². The van der Waals surface area contributed by atoms with Crippen molar-refractivity contribution < 1.29 is 25.2 Å². The fourth-order valence-electron chi connectivity index (χ4n) is 4.46. The molecule has 5 N–H and O–H groups in total. The summed E-state index contributed by atoms with van der Waals surface area (Å²) in [5, 5.41) is 43.0. The van der Waals surface area contributed by atoms with Crippen molar-refractivity contribution in [3.63, 3.8) is 0 Å². The van der Waals surface area contributed by atoms with Crippen molar-refractivity contribution in [3.05, 3.63) is 12.2 Å². The van der Waals surface area contributed by atoms with Gasteiger partial charge in [-0.05, 0) is 38.5 Å². The third-order valence-electron chi connectivity index (χ3n) is 6.98. The van der Waals surface area contributed by atoms with Gasteiger partial charge in [-0.15, -0.1) is 0 Å². The van der Waals surface area contributed by atoms with Gasteiger partial charge < -0.3 is 25.7 Å². The minimum Gasteiger partial charge on any atom is -0.394 e. The lowest BCUT2D eigenvalue weighted by Gasteiger charge is -2.27. The number of amides is 1. The van der Waals surface area contributed by atoms with Crippen molar-refractivity contribution in [1.29, 1.82) is 0 Å². The molecule has 4 unspecified atom stereocenters. The zero-order valence-corrected chi connectivity index (χ0v) is 23.5. The van der Waals surface area contributed by atoms with Gasteiger partial charge in [0, 0.05) is 0 Å². The van der Waals surface area contributed by atoms with Crippen LogP contribution >= 0.6 is 0 Å². The minimum absolute atomic E-state index is 0.366. The van der Waals surface area contributed by atoms with E-state index in [9.17, 15) is 25.2 Å². The maximum Gasteiger partial charge on any atom is 0.249 e. The number of aliphatic hydroxyl groups excluding tert-OH is 4.